The van der Waals surface area contributed by atoms with Crippen LogP contribution >= 0.6 is 11.8 Å². The number of thioether (sulfide) groups is 1. The first kappa shape index (κ1) is 15.3. The maximum absolute atomic E-state index is 11.8. The lowest BCUT2D eigenvalue weighted by molar-refractivity contribution is -0.396. The molecule has 1 aromatic heterocycles. The van der Waals surface area contributed by atoms with Crippen molar-refractivity contribution >= 4 is 34.9 Å². The van der Waals surface area contributed by atoms with Crippen molar-refractivity contribution in [2.45, 2.75) is 12.1 Å². The van der Waals surface area contributed by atoms with Gasteiger partial charge in [-0.1, -0.05) is 42.0 Å². The van der Waals surface area contributed by atoms with Gasteiger partial charge in [-0.15, -0.1) is 0 Å². The Labute approximate surface area is 138 Å². The number of benzene rings is 2. The van der Waals surface area contributed by atoms with Gasteiger partial charge in [0.05, 0.1) is 12.0 Å². The second-order valence-electron chi connectivity index (χ2n) is 5.12. The van der Waals surface area contributed by atoms with E-state index < -0.39 is 0 Å². The minimum atomic E-state index is -0.147. The number of imidazole rings is 1. The van der Waals surface area contributed by atoms with Gasteiger partial charge in [0.15, 0.2) is 11.0 Å². The van der Waals surface area contributed by atoms with Crippen molar-refractivity contribution < 1.29 is 9.78 Å². The molecule has 0 bridgehead atoms. The summed E-state index contributed by atoms with van der Waals surface area (Å²) in [4.78, 5) is 18.3. The van der Waals surface area contributed by atoms with Crippen LogP contribution in [0.25, 0.3) is 11.0 Å². The van der Waals surface area contributed by atoms with Gasteiger partial charge in [0.1, 0.15) is 0 Å². The van der Waals surface area contributed by atoms with Gasteiger partial charge in [-0.25, -0.2) is 15.4 Å². The second-order valence-corrected chi connectivity index (χ2v) is 6.11. The van der Waals surface area contributed by atoms with Crippen LogP contribution in [0.4, 0.5) is 0 Å². The lowest BCUT2D eigenvalue weighted by Crippen LogP contribution is -2.20. The first-order valence-corrected chi connectivity index (χ1v) is 8.21. The molecule has 23 heavy (non-hydrogen) atoms. The maximum atomic E-state index is 11.8. The van der Waals surface area contributed by atoms with Crippen LogP contribution in [0.1, 0.15) is 11.1 Å². The number of nitrogens with one attached hydrogen (secondary N) is 3. The quantitative estimate of drug-likeness (QED) is 0.430. The zero-order chi connectivity index (χ0) is 16.1. The predicted octanol–water partition coefficient (Wildman–Crippen LogP) is 2.53. The molecular formula is C17H17N4OS+. The summed E-state index contributed by atoms with van der Waals surface area (Å²) < 4.78 is 0. The van der Waals surface area contributed by atoms with E-state index in [1.807, 2.05) is 55.5 Å². The summed E-state index contributed by atoms with van der Waals surface area (Å²) in [6.45, 7) is 2.02. The number of aromatic nitrogens is 2. The molecule has 3 N–H and O–H groups in total. The third-order valence-corrected chi connectivity index (χ3v) is 4.12. The average molecular weight is 325 g/mol. The Morgan fingerprint density at radius 3 is 3.00 bits per heavy atom. The molecule has 3 aromatic rings. The number of rotatable bonds is 5. The molecule has 0 fully saturated rings. The fourth-order valence-corrected chi connectivity index (χ4v) is 2.85. The van der Waals surface area contributed by atoms with Gasteiger partial charge in [0.25, 0.3) is 5.91 Å². The molecule has 0 radical (unpaired) electrons. The minimum absolute atomic E-state index is 0.147. The van der Waals surface area contributed by atoms with Crippen LogP contribution in [-0.2, 0) is 4.79 Å². The second kappa shape index (κ2) is 7.11. The summed E-state index contributed by atoms with van der Waals surface area (Å²) in [6, 6.07) is 15.8. The van der Waals surface area contributed by atoms with E-state index in [-0.39, 0.29) is 11.7 Å². The van der Waals surface area contributed by atoms with Crippen LogP contribution in [0.3, 0.4) is 0 Å². The maximum Gasteiger partial charge on any atom is 0.315 e. The van der Waals surface area contributed by atoms with E-state index in [1.54, 1.807) is 6.21 Å². The van der Waals surface area contributed by atoms with Crippen molar-refractivity contribution in [3.05, 3.63) is 59.7 Å². The molecule has 116 valence electrons. The molecule has 3 rings (SSSR count). The largest absolute Gasteiger partial charge is 0.315 e. The number of hydrogen-bond acceptors (Lipinski definition) is 3. The van der Waals surface area contributed by atoms with Crippen LogP contribution in [0.2, 0.25) is 0 Å². The number of amides is 1. The van der Waals surface area contributed by atoms with E-state index >= 15 is 0 Å². The Bertz CT molecular complexity index is 823. The summed E-state index contributed by atoms with van der Waals surface area (Å²) >= 11 is 1.41. The normalized spacial score (nSPS) is 11.2. The molecule has 0 aliphatic rings. The number of aromatic amines is 2. The molecule has 0 saturated heterocycles. The minimum Gasteiger partial charge on any atom is -0.272 e. The Morgan fingerprint density at radius 2 is 2.17 bits per heavy atom. The van der Waals surface area contributed by atoms with Crippen molar-refractivity contribution in [1.29, 1.82) is 0 Å². The van der Waals surface area contributed by atoms with E-state index in [9.17, 15) is 4.79 Å². The van der Waals surface area contributed by atoms with E-state index in [4.69, 9.17) is 0 Å². The predicted molar refractivity (Wildman–Crippen MR) is 92.5 cm³/mol. The Morgan fingerprint density at radius 1 is 1.30 bits per heavy atom. The van der Waals surface area contributed by atoms with E-state index in [0.29, 0.717) is 0 Å². The van der Waals surface area contributed by atoms with Crippen LogP contribution in [0.5, 0.6) is 0 Å². The van der Waals surface area contributed by atoms with Gasteiger partial charge < -0.3 is 0 Å². The zero-order valence-electron chi connectivity index (χ0n) is 12.7. The SMILES string of the molecule is Cc1cccc(C=NNC(=O)CSc2[nH]c3ccccc3[nH+]2)c1. The van der Waals surface area contributed by atoms with E-state index in [2.05, 4.69) is 20.5 Å². The molecule has 1 amide bonds. The first-order chi connectivity index (χ1) is 11.2. The summed E-state index contributed by atoms with van der Waals surface area (Å²) in [5.74, 6) is 0.139. The fraction of sp³-hybridized carbons (Fsp3) is 0.118. The van der Waals surface area contributed by atoms with Crippen molar-refractivity contribution in [3.8, 4) is 0 Å². The third kappa shape index (κ3) is 4.20. The number of H-pyrrole nitrogens is 2. The van der Waals surface area contributed by atoms with Crippen LogP contribution < -0.4 is 10.4 Å². The molecule has 5 nitrogen and oxygen atoms in total. The highest BCUT2D eigenvalue weighted by molar-refractivity contribution is 7.99. The molecule has 1 heterocycles. The van der Waals surface area contributed by atoms with E-state index in [1.165, 1.54) is 11.8 Å². The number of carbonyl (C=O) groups excluding carboxylic acids is 1. The molecule has 6 heteroatoms. The van der Waals surface area contributed by atoms with Crippen molar-refractivity contribution in [3.63, 3.8) is 0 Å². The van der Waals surface area contributed by atoms with Crippen LogP contribution in [-0.4, -0.2) is 22.9 Å². The summed E-state index contributed by atoms with van der Waals surface area (Å²) in [5.41, 5.74) is 6.70. The van der Waals surface area contributed by atoms with Crippen molar-refractivity contribution in [1.82, 2.24) is 10.4 Å². The number of aryl methyl sites for hydroxylation is 1. The summed E-state index contributed by atoms with van der Waals surface area (Å²) in [5, 5.41) is 4.83. The topological polar surface area (TPSA) is 71.4 Å². The number of fused-ring (bicyclic) bond motifs is 1. The summed E-state index contributed by atoms with van der Waals surface area (Å²) in [6.07, 6.45) is 1.64. The molecular weight excluding hydrogens is 308 g/mol. The molecule has 0 aliphatic carbocycles. The smallest absolute Gasteiger partial charge is 0.272 e. The highest BCUT2D eigenvalue weighted by Gasteiger charge is 2.11. The lowest BCUT2D eigenvalue weighted by Gasteiger charge is -1.97. The zero-order valence-corrected chi connectivity index (χ0v) is 13.5. The Balaban J connectivity index is 1.51. The molecule has 0 atom stereocenters. The highest BCUT2D eigenvalue weighted by atomic mass is 32.2. The average Bonchev–Trinajstić information content (AvgIpc) is 2.96. The first-order valence-electron chi connectivity index (χ1n) is 7.22. The molecule has 0 aliphatic heterocycles. The monoisotopic (exact) mass is 325 g/mol. The Kier molecular flexibility index (Phi) is 4.73. The highest BCUT2D eigenvalue weighted by Crippen LogP contribution is 2.14. The van der Waals surface area contributed by atoms with E-state index in [0.717, 1.165) is 27.3 Å². The lowest BCUT2D eigenvalue weighted by atomic mass is 10.2. The molecule has 0 saturated carbocycles. The molecule has 0 spiro atoms. The molecule has 2 aromatic carbocycles. The molecule has 0 unspecified atom stereocenters. The van der Waals surface area contributed by atoms with Crippen molar-refractivity contribution in [2.24, 2.45) is 5.10 Å². The van der Waals surface area contributed by atoms with Crippen LogP contribution in [0, 0.1) is 6.92 Å². The number of carbonyl (C=O) groups is 1. The standard InChI is InChI=1S/C17H16N4OS/c1-12-5-4-6-13(9-12)10-18-21-16(22)11-23-17-19-14-7-2-3-8-15(14)20-17/h2-10H,11H2,1H3,(H,19,20)(H,21,22)/p+1. The number of para-hydroxylation sites is 2. The Hall–Kier alpha value is -2.60. The van der Waals surface area contributed by atoms with Gasteiger partial charge in [-0.05, 0) is 36.4 Å². The van der Waals surface area contributed by atoms with Gasteiger partial charge in [0.2, 0.25) is 0 Å². The summed E-state index contributed by atoms with van der Waals surface area (Å²) in [7, 11) is 0. The van der Waals surface area contributed by atoms with Crippen LogP contribution in [0.15, 0.2) is 58.8 Å². The van der Waals surface area contributed by atoms with Gasteiger partial charge >= 0.3 is 5.16 Å². The van der Waals surface area contributed by atoms with Gasteiger partial charge in [-0.2, -0.15) is 5.10 Å². The number of hydrazone groups is 1. The number of hydrogen-bond donors (Lipinski definition) is 2. The van der Waals surface area contributed by atoms with Gasteiger partial charge in [-0.3, -0.25) is 4.79 Å². The number of nitrogens with zero attached hydrogens (tertiary/aromatic N) is 1. The van der Waals surface area contributed by atoms with Crippen molar-refractivity contribution in [2.75, 3.05) is 5.75 Å². The van der Waals surface area contributed by atoms with Gasteiger partial charge in [0, 0.05) is 0 Å². The fourth-order valence-electron chi connectivity index (χ4n) is 2.15. The third-order valence-electron chi connectivity index (χ3n) is 3.22.